The van der Waals surface area contributed by atoms with Crippen LogP contribution in [0, 0.1) is 0 Å². The molecule has 0 saturated carbocycles. The zero-order chi connectivity index (χ0) is 19.2. The minimum absolute atomic E-state index is 0.179. The van der Waals surface area contributed by atoms with Gasteiger partial charge in [0.2, 0.25) is 0 Å². The Morgan fingerprint density at radius 3 is 2.30 bits per heavy atom. The molecule has 2 aromatic carbocycles. The molecule has 3 nitrogen and oxygen atoms in total. The number of halogens is 1. The Morgan fingerprint density at radius 1 is 0.926 bits per heavy atom. The molecule has 0 aliphatic carbocycles. The summed E-state index contributed by atoms with van der Waals surface area (Å²) < 4.78 is 0. The first kappa shape index (κ1) is 19.7. The molecular weight excluding hydrogens is 378 g/mol. The molecule has 2 amide bonds. The Morgan fingerprint density at radius 2 is 1.63 bits per heavy atom. The molecule has 0 bridgehead atoms. The molecule has 0 fully saturated rings. The summed E-state index contributed by atoms with van der Waals surface area (Å²) >= 11 is 7.42. The van der Waals surface area contributed by atoms with Gasteiger partial charge < -0.3 is 0 Å². The lowest BCUT2D eigenvalue weighted by atomic mass is 10.1. The van der Waals surface area contributed by atoms with Gasteiger partial charge in [-0.15, -0.1) is 11.8 Å². The number of carbonyl (C=O) groups is 2. The minimum Gasteiger partial charge on any atom is -0.274 e. The van der Waals surface area contributed by atoms with E-state index < -0.39 is 0 Å². The van der Waals surface area contributed by atoms with Crippen LogP contribution in [0.4, 0.5) is 0 Å². The Hall–Kier alpha value is -2.04. The standard InChI is InChI=1S/C22H22ClNO2S/c1-2-3-7-14-24-21(25)19(17-10-12-18(23)13-11-17)20(22(24)26)27-15-16-8-5-4-6-9-16/h4-6,8-13H,2-3,7,14-15H2,1H3. The summed E-state index contributed by atoms with van der Waals surface area (Å²) in [5.41, 5.74) is 2.36. The fourth-order valence-corrected chi connectivity index (χ4v) is 4.22. The second kappa shape index (κ2) is 9.25. The minimum atomic E-state index is -0.200. The van der Waals surface area contributed by atoms with Crippen LogP contribution in [0.3, 0.4) is 0 Å². The van der Waals surface area contributed by atoms with E-state index >= 15 is 0 Å². The lowest BCUT2D eigenvalue weighted by Crippen LogP contribution is -2.32. The van der Waals surface area contributed by atoms with Gasteiger partial charge in [0.05, 0.1) is 10.5 Å². The summed E-state index contributed by atoms with van der Waals surface area (Å²) in [6.45, 7) is 2.57. The Bertz CT molecular complexity index is 846. The van der Waals surface area contributed by atoms with Crippen molar-refractivity contribution in [2.45, 2.75) is 31.9 Å². The van der Waals surface area contributed by atoms with Crippen LogP contribution in [0.15, 0.2) is 59.5 Å². The number of nitrogens with zero attached hydrogens (tertiary/aromatic N) is 1. The number of carbonyl (C=O) groups excluding carboxylic acids is 2. The highest BCUT2D eigenvalue weighted by molar-refractivity contribution is 8.03. The molecule has 2 aromatic rings. The number of hydrogen-bond donors (Lipinski definition) is 0. The lowest BCUT2D eigenvalue weighted by molar-refractivity contribution is -0.136. The van der Waals surface area contributed by atoms with E-state index in [0.717, 1.165) is 30.4 Å². The van der Waals surface area contributed by atoms with Gasteiger partial charge in [0.15, 0.2) is 0 Å². The SMILES string of the molecule is CCCCCN1C(=O)C(SCc2ccccc2)=C(c2ccc(Cl)cc2)C1=O. The molecule has 27 heavy (non-hydrogen) atoms. The Kier molecular flexibility index (Phi) is 6.75. The topological polar surface area (TPSA) is 37.4 Å². The largest absolute Gasteiger partial charge is 0.274 e. The number of thioether (sulfide) groups is 1. The smallest absolute Gasteiger partial charge is 0.267 e. The fourth-order valence-electron chi connectivity index (χ4n) is 3.01. The molecule has 5 heteroatoms. The van der Waals surface area contributed by atoms with Crippen molar-refractivity contribution in [2.75, 3.05) is 6.54 Å². The average molecular weight is 400 g/mol. The van der Waals surface area contributed by atoms with Gasteiger partial charge in [-0.05, 0) is 29.7 Å². The van der Waals surface area contributed by atoms with E-state index in [1.807, 2.05) is 42.5 Å². The van der Waals surface area contributed by atoms with Crippen LogP contribution in [-0.4, -0.2) is 23.3 Å². The van der Waals surface area contributed by atoms with E-state index in [1.54, 1.807) is 12.1 Å². The van der Waals surface area contributed by atoms with Crippen LogP contribution < -0.4 is 0 Å². The van der Waals surface area contributed by atoms with E-state index in [4.69, 9.17) is 11.6 Å². The van der Waals surface area contributed by atoms with Crippen molar-refractivity contribution in [2.24, 2.45) is 0 Å². The van der Waals surface area contributed by atoms with Gasteiger partial charge in [0.25, 0.3) is 11.8 Å². The maximum Gasteiger partial charge on any atom is 0.267 e. The monoisotopic (exact) mass is 399 g/mol. The summed E-state index contributed by atoms with van der Waals surface area (Å²) in [5.74, 6) is 0.269. The van der Waals surface area contributed by atoms with Crippen LogP contribution in [0.25, 0.3) is 5.57 Å². The van der Waals surface area contributed by atoms with Crippen molar-refractivity contribution in [3.05, 3.63) is 75.7 Å². The molecule has 140 valence electrons. The fraction of sp³-hybridized carbons (Fsp3) is 0.273. The number of amides is 2. The van der Waals surface area contributed by atoms with Gasteiger partial charge in [-0.3, -0.25) is 14.5 Å². The molecule has 0 unspecified atom stereocenters. The summed E-state index contributed by atoms with van der Waals surface area (Å²) in [6.07, 6.45) is 2.88. The molecule has 0 radical (unpaired) electrons. The van der Waals surface area contributed by atoms with Crippen LogP contribution in [0.5, 0.6) is 0 Å². The van der Waals surface area contributed by atoms with Crippen molar-refractivity contribution in [1.82, 2.24) is 4.90 Å². The van der Waals surface area contributed by atoms with Gasteiger partial charge in [-0.2, -0.15) is 0 Å². The molecule has 3 rings (SSSR count). The normalized spacial score (nSPS) is 14.4. The van der Waals surface area contributed by atoms with Crippen LogP contribution in [0.2, 0.25) is 5.02 Å². The maximum absolute atomic E-state index is 13.0. The molecule has 1 aliphatic rings. The predicted molar refractivity (Wildman–Crippen MR) is 112 cm³/mol. The van der Waals surface area contributed by atoms with Crippen LogP contribution >= 0.6 is 23.4 Å². The van der Waals surface area contributed by atoms with Crippen LogP contribution in [0.1, 0.15) is 37.3 Å². The number of rotatable bonds is 8. The van der Waals surface area contributed by atoms with E-state index in [2.05, 4.69) is 6.92 Å². The first-order valence-corrected chi connectivity index (χ1v) is 10.5. The van der Waals surface area contributed by atoms with E-state index in [9.17, 15) is 9.59 Å². The molecule has 0 aromatic heterocycles. The molecule has 1 aliphatic heterocycles. The van der Waals surface area contributed by atoms with Crippen LogP contribution in [-0.2, 0) is 15.3 Å². The molecule has 0 N–H and O–H groups in total. The van der Waals surface area contributed by atoms with Gasteiger partial charge in [0, 0.05) is 17.3 Å². The molecule has 0 spiro atoms. The van der Waals surface area contributed by atoms with Crippen molar-refractivity contribution < 1.29 is 9.59 Å². The number of imide groups is 1. The van der Waals surface area contributed by atoms with E-state index in [-0.39, 0.29) is 11.8 Å². The Balaban J connectivity index is 1.89. The third-order valence-electron chi connectivity index (χ3n) is 4.47. The zero-order valence-electron chi connectivity index (χ0n) is 15.3. The van der Waals surface area contributed by atoms with E-state index in [0.29, 0.717) is 27.8 Å². The average Bonchev–Trinajstić information content (AvgIpc) is 2.92. The molecule has 0 atom stereocenters. The van der Waals surface area contributed by atoms with E-state index in [1.165, 1.54) is 16.7 Å². The summed E-state index contributed by atoms with van der Waals surface area (Å²) in [4.78, 5) is 27.9. The predicted octanol–water partition coefficient (Wildman–Crippen LogP) is 5.54. The molecule has 1 heterocycles. The highest BCUT2D eigenvalue weighted by atomic mass is 35.5. The van der Waals surface area contributed by atoms with Gasteiger partial charge >= 0.3 is 0 Å². The molecule has 0 saturated heterocycles. The second-order valence-electron chi connectivity index (χ2n) is 6.45. The summed E-state index contributed by atoms with van der Waals surface area (Å²) in [6, 6.07) is 17.1. The highest BCUT2D eigenvalue weighted by Crippen LogP contribution is 2.37. The third kappa shape index (κ3) is 4.63. The summed E-state index contributed by atoms with van der Waals surface area (Å²) in [7, 11) is 0. The second-order valence-corrected chi connectivity index (χ2v) is 7.88. The third-order valence-corrected chi connectivity index (χ3v) is 5.87. The maximum atomic E-state index is 13.0. The van der Waals surface area contributed by atoms with Crippen molar-refractivity contribution in [1.29, 1.82) is 0 Å². The number of hydrogen-bond acceptors (Lipinski definition) is 3. The highest BCUT2D eigenvalue weighted by Gasteiger charge is 2.38. The van der Waals surface area contributed by atoms with Crippen molar-refractivity contribution in [3.8, 4) is 0 Å². The van der Waals surface area contributed by atoms with Gasteiger partial charge in [-0.25, -0.2) is 0 Å². The lowest BCUT2D eigenvalue weighted by Gasteiger charge is -2.14. The first-order chi connectivity index (χ1) is 13.1. The number of benzene rings is 2. The zero-order valence-corrected chi connectivity index (χ0v) is 16.9. The Labute approximate surface area is 169 Å². The number of unbranched alkanes of at least 4 members (excludes halogenated alkanes) is 2. The van der Waals surface area contributed by atoms with Crippen molar-refractivity contribution >= 4 is 40.8 Å². The van der Waals surface area contributed by atoms with Crippen molar-refractivity contribution in [3.63, 3.8) is 0 Å². The van der Waals surface area contributed by atoms with Gasteiger partial charge in [0.1, 0.15) is 0 Å². The molecular formula is C22H22ClNO2S. The van der Waals surface area contributed by atoms with Gasteiger partial charge in [-0.1, -0.05) is 73.8 Å². The first-order valence-electron chi connectivity index (χ1n) is 9.15. The summed E-state index contributed by atoms with van der Waals surface area (Å²) in [5, 5.41) is 0.606. The quantitative estimate of drug-likeness (QED) is 0.431.